The van der Waals surface area contributed by atoms with E-state index in [4.69, 9.17) is 4.74 Å². The second kappa shape index (κ2) is 8.48. The monoisotopic (exact) mass is 364 g/mol. The number of rotatable bonds is 6. The van der Waals surface area contributed by atoms with E-state index in [2.05, 4.69) is 36.1 Å². The summed E-state index contributed by atoms with van der Waals surface area (Å²) in [7, 11) is 3.44. The quantitative estimate of drug-likeness (QED) is 0.611. The van der Waals surface area contributed by atoms with E-state index in [0.717, 1.165) is 34.8 Å². The zero-order chi connectivity index (χ0) is 15.8. The van der Waals surface area contributed by atoms with Gasteiger partial charge in [0.1, 0.15) is 5.75 Å². The fourth-order valence-electron chi connectivity index (χ4n) is 2.11. The van der Waals surface area contributed by atoms with Crippen molar-refractivity contribution in [3.63, 3.8) is 0 Å². The first-order chi connectivity index (χ1) is 10.7. The zero-order valence-electron chi connectivity index (χ0n) is 12.8. The Hall–Kier alpha value is -1.95. The van der Waals surface area contributed by atoms with Crippen molar-refractivity contribution in [2.24, 2.45) is 4.99 Å². The average Bonchev–Trinajstić information content (AvgIpc) is 3.04. The molecule has 0 bridgehead atoms. The highest BCUT2D eigenvalue weighted by Crippen LogP contribution is 2.22. The van der Waals surface area contributed by atoms with Gasteiger partial charge in [0.15, 0.2) is 5.96 Å². The van der Waals surface area contributed by atoms with Gasteiger partial charge in [-0.15, -0.1) is 0 Å². The molecule has 5 nitrogen and oxygen atoms in total. The summed E-state index contributed by atoms with van der Waals surface area (Å²) in [4.78, 5) is 4.23. The van der Waals surface area contributed by atoms with E-state index in [1.165, 1.54) is 0 Å². The molecule has 0 amide bonds. The number of hydrogen-bond acceptors (Lipinski definition) is 2. The Morgan fingerprint density at radius 1 is 1.27 bits per heavy atom. The average molecular weight is 365 g/mol. The lowest BCUT2D eigenvalue weighted by molar-refractivity contribution is 0.409. The molecular weight excluding hydrogens is 344 g/mol. The number of nitrogens with one attached hydrogen (secondary N) is 2. The third-order valence-electron chi connectivity index (χ3n) is 3.24. The molecule has 0 fully saturated rings. The SMILES string of the molecule is CN=C(NCCn1cccc1)NCc1cc(Br)ccc1OC. The topological polar surface area (TPSA) is 50.6 Å². The molecule has 2 N–H and O–H groups in total. The Bertz CT molecular complexity index is 611. The van der Waals surface area contributed by atoms with Crippen molar-refractivity contribution in [2.75, 3.05) is 20.7 Å². The zero-order valence-corrected chi connectivity index (χ0v) is 14.4. The second-order valence-corrected chi connectivity index (χ2v) is 5.65. The van der Waals surface area contributed by atoms with E-state index in [9.17, 15) is 0 Å². The number of benzene rings is 1. The summed E-state index contributed by atoms with van der Waals surface area (Å²) in [6.45, 7) is 2.35. The summed E-state index contributed by atoms with van der Waals surface area (Å²) in [6, 6.07) is 9.99. The van der Waals surface area contributed by atoms with Crippen molar-refractivity contribution in [2.45, 2.75) is 13.1 Å². The highest BCUT2D eigenvalue weighted by molar-refractivity contribution is 9.10. The van der Waals surface area contributed by atoms with Crippen LogP contribution in [0.25, 0.3) is 0 Å². The van der Waals surface area contributed by atoms with Crippen LogP contribution in [0.1, 0.15) is 5.56 Å². The maximum atomic E-state index is 5.37. The molecule has 1 aromatic carbocycles. The van der Waals surface area contributed by atoms with Gasteiger partial charge in [0.25, 0.3) is 0 Å². The van der Waals surface area contributed by atoms with Gasteiger partial charge in [0.2, 0.25) is 0 Å². The van der Waals surface area contributed by atoms with Gasteiger partial charge in [-0.2, -0.15) is 0 Å². The van der Waals surface area contributed by atoms with Gasteiger partial charge >= 0.3 is 0 Å². The fraction of sp³-hybridized carbons (Fsp3) is 0.312. The smallest absolute Gasteiger partial charge is 0.191 e. The molecule has 0 aliphatic heterocycles. The molecule has 2 rings (SSSR count). The van der Waals surface area contributed by atoms with Gasteiger partial charge in [-0.3, -0.25) is 4.99 Å². The third kappa shape index (κ3) is 4.80. The highest BCUT2D eigenvalue weighted by Gasteiger charge is 2.05. The van der Waals surface area contributed by atoms with Crippen LogP contribution in [0.15, 0.2) is 52.2 Å². The van der Waals surface area contributed by atoms with Gasteiger partial charge < -0.3 is 19.9 Å². The highest BCUT2D eigenvalue weighted by atomic mass is 79.9. The number of ether oxygens (including phenoxy) is 1. The molecule has 0 saturated heterocycles. The van der Waals surface area contributed by atoms with Crippen molar-refractivity contribution in [1.82, 2.24) is 15.2 Å². The lowest BCUT2D eigenvalue weighted by atomic mass is 10.2. The molecule has 0 atom stereocenters. The maximum Gasteiger partial charge on any atom is 0.191 e. The van der Waals surface area contributed by atoms with Gasteiger partial charge in [-0.1, -0.05) is 15.9 Å². The number of halogens is 1. The summed E-state index contributed by atoms with van der Waals surface area (Å²) >= 11 is 3.48. The molecule has 22 heavy (non-hydrogen) atoms. The number of aliphatic imine (C=N–C) groups is 1. The van der Waals surface area contributed by atoms with E-state index in [1.807, 2.05) is 42.7 Å². The Morgan fingerprint density at radius 3 is 2.73 bits per heavy atom. The standard InChI is InChI=1S/C16H21BrN4O/c1-18-16(19-7-10-21-8-3-4-9-21)20-12-13-11-14(17)5-6-15(13)22-2/h3-6,8-9,11H,7,10,12H2,1-2H3,(H2,18,19,20). The molecule has 0 unspecified atom stereocenters. The van der Waals surface area contributed by atoms with Crippen LogP contribution in [0.2, 0.25) is 0 Å². The summed E-state index contributed by atoms with van der Waals surface area (Å²) in [5, 5.41) is 6.59. The van der Waals surface area contributed by atoms with Crippen LogP contribution in [0.3, 0.4) is 0 Å². The first-order valence-electron chi connectivity index (χ1n) is 7.10. The summed E-state index contributed by atoms with van der Waals surface area (Å²) in [5.41, 5.74) is 1.07. The lowest BCUT2D eigenvalue weighted by Crippen LogP contribution is -2.38. The van der Waals surface area contributed by atoms with Crippen LogP contribution in [0.4, 0.5) is 0 Å². The van der Waals surface area contributed by atoms with E-state index in [1.54, 1.807) is 14.2 Å². The van der Waals surface area contributed by atoms with Crippen molar-refractivity contribution in [1.29, 1.82) is 0 Å². The summed E-state index contributed by atoms with van der Waals surface area (Å²) in [5.74, 6) is 1.63. The predicted octanol–water partition coefficient (Wildman–Crippen LogP) is 2.62. The van der Waals surface area contributed by atoms with Crippen LogP contribution < -0.4 is 15.4 Å². The minimum Gasteiger partial charge on any atom is -0.496 e. The van der Waals surface area contributed by atoms with Crippen LogP contribution in [-0.4, -0.2) is 31.2 Å². The molecule has 0 aliphatic carbocycles. The second-order valence-electron chi connectivity index (χ2n) is 4.73. The Labute approximate surface area is 139 Å². The van der Waals surface area contributed by atoms with E-state index in [-0.39, 0.29) is 0 Å². The summed E-state index contributed by atoms with van der Waals surface area (Å²) < 4.78 is 8.52. The van der Waals surface area contributed by atoms with Crippen LogP contribution in [0.5, 0.6) is 5.75 Å². The minimum atomic E-state index is 0.645. The van der Waals surface area contributed by atoms with E-state index in [0.29, 0.717) is 6.54 Å². The Morgan fingerprint density at radius 2 is 2.05 bits per heavy atom. The van der Waals surface area contributed by atoms with E-state index >= 15 is 0 Å². The van der Waals surface area contributed by atoms with Crippen LogP contribution >= 0.6 is 15.9 Å². The van der Waals surface area contributed by atoms with Crippen LogP contribution in [0, 0.1) is 0 Å². The molecule has 0 radical (unpaired) electrons. The van der Waals surface area contributed by atoms with Crippen LogP contribution in [-0.2, 0) is 13.1 Å². The molecule has 1 aromatic heterocycles. The number of guanidine groups is 1. The molecule has 1 heterocycles. The maximum absolute atomic E-state index is 5.37. The Kier molecular flexibility index (Phi) is 6.33. The van der Waals surface area contributed by atoms with Crippen molar-refractivity contribution in [3.8, 4) is 5.75 Å². The fourth-order valence-corrected chi connectivity index (χ4v) is 2.52. The van der Waals surface area contributed by atoms with Crippen molar-refractivity contribution in [3.05, 3.63) is 52.8 Å². The summed E-state index contributed by atoms with van der Waals surface area (Å²) in [6.07, 6.45) is 4.09. The largest absolute Gasteiger partial charge is 0.496 e. The van der Waals surface area contributed by atoms with Crippen molar-refractivity contribution >= 4 is 21.9 Å². The number of nitrogens with zero attached hydrogens (tertiary/aromatic N) is 2. The van der Waals surface area contributed by atoms with Gasteiger partial charge in [0.05, 0.1) is 7.11 Å². The number of methoxy groups -OCH3 is 1. The number of hydrogen-bond donors (Lipinski definition) is 2. The van der Waals surface area contributed by atoms with Crippen molar-refractivity contribution < 1.29 is 4.74 Å². The molecule has 6 heteroatoms. The van der Waals surface area contributed by atoms with E-state index < -0.39 is 0 Å². The number of aromatic nitrogens is 1. The molecule has 0 saturated carbocycles. The molecule has 2 aromatic rings. The van der Waals surface area contributed by atoms with Gasteiger partial charge in [0, 0.05) is 49.1 Å². The normalized spacial score (nSPS) is 11.3. The molecule has 118 valence electrons. The Balaban J connectivity index is 1.84. The molecular formula is C16H21BrN4O. The minimum absolute atomic E-state index is 0.645. The molecule has 0 aliphatic rings. The third-order valence-corrected chi connectivity index (χ3v) is 3.73. The van der Waals surface area contributed by atoms with Gasteiger partial charge in [-0.25, -0.2) is 0 Å². The predicted molar refractivity (Wildman–Crippen MR) is 93.3 cm³/mol. The first kappa shape index (κ1) is 16.4. The first-order valence-corrected chi connectivity index (χ1v) is 7.90. The molecule has 0 spiro atoms. The van der Waals surface area contributed by atoms with Gasteiger partial charge in [-0.05, 0) is 30.3 Å². The lowest BCUT2D eigenvalue weighted by Gasteiger charge is -2.14.